The molecule has 0 saturated carbocycles. The van der Waals surface area contributed by atoms with Gasteiger partial charge >= 0.3 is 19.8 Å². The van der Waals surface area contributed by atoms with Gasteiger partial charge in [0.05, 0.1) is 13.2 Å². The minimum Gasteiger partial charge on any atom is -0.462 e. The smallest absolute Gasteiger partial charge is 0.462 e. The molecule has 0 bridgehead atoms. The molecular formula is C46H90NO8P. The highest BCUT2D eigenvalue weighted by molar-refractivity contribution is 7.47. The molecule has 0 saturated heterocycles. The minimum atomic E-state index is -4.37. The van der Waals surface area contributed by atoms with Crippen molar-refractivity contribution in [1.82, 2.24) is 0 Å². The molecule has 9 nitrogen and oxygen atoms in total. The molecule has 10 heteroatoms. The molecule has 1 unspecified atom stereocenters. The molecule has 0 aromatic heterocycles. The highest BCUT2D eigenvalue weighted by Gasteiger charge is 2.26. The molecule has 0 aliphatic rings. The van der Waals surface area contributed by atoms with Gasteiger partial charge in [0.15, 0.2) is 6.10 Å². The maximum Gasteiger partial charge on any atom is 0.472 e. The third-order valence-corrected chi connectivity index (χ3v) is 11.4. The molecule has 0 aliphatic heterocycles. The van der Waals surface area contributed by atoms with E-state index in [1.807, 2.05) is 0 Å². The summed E-state index contributed by atoms with van der Waals surface area (Å²) < 4.78 is 32.9. The van der Waals surface area contributed by atoms with Crippen LogP contribution in [-0.4, -0.2) is 49.3 Å². The first kappa shape index (κ1) is 54.8. The number of phosphoric ester groups is 1. The van der Waals surface area contributed by atoms with E-state index in [-0.39, 0.29) is 38.6 Å². The van der Waals surface area contributed by atoms with Crippen LogP contribution in [0.25, 0.3) is 0 Å². The van der Waals surface area contributed by atoms with E-state index in [1.54, 1.807) is 0 Å². The Morgan fingerprint density at radius 2 is 0.875 bits per heavy atom. The molecule has 0 radical (unpaired) electrons. The first-order valence-corrected chi connectivity index (χ1v) is 25.2. The van der Waals surface area contributed by atoms with Crippen molar-refractivity contribution in [2.45, 2.75) is 245 Å². The highest BCUT2D eigenvalue weighted by atomic mass is 31.2. The van der Waals surface area contributed by atoms with Crippen LogP contribution in [0.5, 0.6) is 0 Å². The fraction of sp³-hybridized carbons (Fsp3) is 0.913. The van der Waals surface area contributed by atoms with Gasteiger partial charge in [-0.25, -0.2) is 4.57 Å². The van der Waals surface area contributed by atoms with E-state index in [2.05, 4.69) is 26.0 Å². The Morgan fingerprint density at radius 1 is 0.518 bits per heavy atom. The highest BCUT2D eigenvalue weighted by Crippen LogP contribution is 2.43. The average molecular weight is 816 g/mol. The predicted octanol–water partition coefficient (Wildman–Crippen LogP) is 13.8. The van der Waals surface area contributed by atoms with E-state index in [9.17, 15) is 19.0 Å². The summed E-state index contributed by atoms with van der Waals surface area (Å²) in [5.74, 6) is -0.820. The van der Waals surface area contributed by atoms with Gasteiger partial charge in [-0.1, -0.05) is 199 Å². The molecule has 3 N–H and O–H groups in total. The normalized spacial score (nSPS) is 13.3. The van der Waals surface area contributed by atoms with Crippen LogP contribution < -0.4 is 5.73 Å². The summed E-state index contributed by atoms with van der Waals surface area (Å²) in [5.41, 5.74) is 5.36. The molecule has 0 rings (SSSR count). The Morgan fingerprint density at radius 3 is 1.27 bits per heavy atom. The number of allylic oxidation sites excluding steroid dienone is 2. The summed E-state index contributed by atoms with van der Waals surface area (Å²) >= 11 is 0. The number of hydrogen-bond acceptors (Lipinski definition) is 8. The Balaban J connectivity index is 4.07. The van der Waals surface area contributed by atoms with E-state index in [0.717, 1.165) is 44.9 Å². The molecule has 0 heterocycles. The van der Waals surface area contributed by atoms with Crippen LogP contribution in [0.2, 0.25) is 0 Å². The largest absolute Gasteiger partial charge is 0.472 e. The summed E-state index contributed by atoms with van der Waals surface area (Å²) in [6.45, 7) is 3.77. The van der Waals surface area contributed by atoms with Gasteiger partial charge in [0.2, 0.25) is 0 Å². The van der Waals surface area contributed by atoms with E-state index in [4.69, 9.17) is 24.3 Å². The number of carbonyl (C=O) groups excluding carboxylic acids is 2. The van der Waals surface area contributed by atoms with Gasteiger partial charge in [-0.15, -0.1) is 0 Å². The average Bonchev–Trinajstić information content (AvgIpc) is 3.18. The lowest BCUT2D eigenvalue weighted by molar-refractivity contribution is -0.161. The zero-order valence-electron chi connectivity index (χ0n) is 36.6. The van der Waals surface area contributed by atoms with Crippen LogP contribution in [0.15, 0.2) is 12.2 Å². The van der Waals surface area contributed by atoms with Crippen molar-refractivity contribution in [3.05, 3.63) is 12.2 Å². The lowest BCUT2D eigenvalue weighted by Crippen LogP contribution is -2.29. The summed E-state index contributed by atoms with van der Waals surface area (Å²) in [5, 5.41) is 0. The van der Waals surface area contributed by atoms with Crippen molar-refractivity contribution in [2.75, 3.05) is 26.4 Å². The molecule has 2 atom stereocenters. The number of phosphoric acid groups is 1. The van der Waals surface area contributed by atoms with Gasteiger partial charge in [-0.3, -0.25) is 18.6 Å². The number of nitrogens with two attached hydrogens (primary N) is 1. The number of ether oxygens (including phenoxy) is 2. The van der Waals surface area contributed by atoms with Gasteiger partial charge in [0, 0.05) is 19.4 Å². The van der Waals surface area contributed by atoms with Crippen molar-refractivity contribution in [1.29, 1.82) is 0 Å². The van der Waals surface area contributed by atoms with Crippen LogP contribution >= 0.6 is 7.82 Å². The first-order chi connectivity index (χ1) is 27.3. The van der Waals surface area contributed by atoms with Crippen molar-refractivity contribution in [3.63, 3.8) is 0 Å². The van der Waals surface area contributed by atoms with Crippen molar-refractivity contribution in [3.8, 4) is 0 Å². The Labute approximate surface area is 345 Å². The zero-order chi connectivity index (χ0) is 41.1. The monoisotopic (exact) mass is 816 g/mol. The fourth-order valence-electron chi connectivity index (χ4n) is 6.87. The third-order valence-electron chi connectivity index (χ3n) is 10.4. The number of carbonyl (C=O) groups is 2. The standard InChI is InChI=1S/C46H90NO8P/c1-3-5-7-9-11-13-15-17-19-21-22-23-25-27-29-31-33-35-37-39-46(49)55-44(43-54-56(50,51)53-41-40-47)42-52-45(48)38-36-34-32-30-28-26-24-20-18-16-14-12-10-8-6-4-2/h21-22,44H,3-20,23-43,47H2,1-2H3,(H,50,51)/b22-21-/t44-/m1/s1. The van der Waals surface area contributed by atoms with Crippen LogP contribution in [0.3, 0.4) is 0 Å². The van der Waals surface area contributed by atoms with Crippen LogP contribution in [0.4, 0.5) is 0 Å². The lowest BCUT2D eigenvalue weighted by atomic mass is 10.0. The molecule has 0 fully saturated rings. The van der Waals surface area contributed by atoms with E-state index >= 15 is 0 Å². The molecule has 0 aromatic rings. The second kappa shape index (κ2) is 43.3. The van der Waals surface area contributed by atoms with E-state index in [0.29, 0.717) is 6.42 Å². The second-order valence-electron chi connectivity index (χ2n) is 16.0. The number of unbranched alkanes of at least 4 members (excludes halogenated alkanes) is 30. The number of esters is 2. The molecule has 0 amide bonds. The third kappa shape index (κ3) is 42.4. The van der Waals surface area contributed by atoms with Crippen LogP contribution in [-0.2, 0) is 32.7 Å². The summed E-state index contributed by atoms with van der Waals surface area (Å²) in [6, 6.07) is 0. The molecule has 0 spiro atoms. The second-order valence-corrected chi connectivity index (χ2v) is 17.4. The van der Waals surface area contributed by atoms with E-state index in [1.165, 1.54) is 161 Å². The van der Waals surface area contributed by atoms with Crippen LogP contribution in [0, 0.1) is 0 Å². The fourth-order valence-corrected chi connectivity index (χ4v) is 7.63. The van der Waals surface area contributed by atoms with Gasteiger partial charge in [-0.05, 0) is 38.5 Å². The Bertz CT molecular complexity index is 933. The van der Waals surface area contributed by atoms with E-state index < -0.39 is 26.5 Å². The molecule has 0 aromatic carbocycles. The quantitative estimate of drug-likeness (QED) is 0.0266. The lowest BCUT2D eigenvalue weighted by Gasteiger charge is -2.19. The van der Waals surface area contributed by atoms with Crippen LogP contribution in [0.1, 0.15) is 239 Å². The van der Waals surface area contributed by atoms with Gasteiger partial charge in [0.25, 0.3) is 0 Å². The van der Waals surface area contributed by atoms with Crippen molar-refractivity contribution >= 4 is 19.8 Å². The van der Waals surface area contributed by atoms with Gasteiger partial charge < -0.3 is 20.1 Å². The minimum absolute atomic E-state index is 0.0556. The maximum absolute atomic E-state index is 12.6. The Kier molecular flexibility index (Phi) is 42.4. The molecule has 332 valence electrons. The molecule has 56 heavy (non-hydrogen) atoms. The zero-order valence-corrected chi connectivity index (χ0v) is 37.5. The molecular weight excluding hydrogens is 725 g/mol. The van der Waals surface area contributed by atoms with Crippen molar-refractivity contribution in [2.24, 2.45) is 5.73 Å². The van der Waals surface area contributed by atoms with Gasteiger partial charge in [-0.2, -0.15) is 0 Å². The summed E-state index contributed by atoms with van der Waals surface area (Å²) in [4.78, 5) is 34.9. The summed E-state index contributed by atoms with van der Waals surface area (Å²) in [6.07, 6.45) is 45.2. The first-order valence-electron chi connectivity index (χ1n) is 23.7. The maximum atomic E-state index is 12.6. The number of rotatable bonds is 45. The topological polar surface area (TPSA) is 134 Å². The Hall–Kier alpha value is -1.25. The predicted molar refractivity (Wildman–Crippen MR) is 234 cm³/mol. The summed E-state index contributed by atoms with van der Waals surface area (Å²) in [7, 11) is -4.37. The molecule has 0 aliphatic carbocycles. The SMILES string of the molecule is CCCCCCCCCC/C=C\CCCCCCCCCC(=O)O[C@H](COC(=O)CCCCCCCCCCCCCCCCCC)COP(=O)(O)OCCN. The van der Waals surface area contributed by atoms with Crippen molar-refractivity contribution < 1.29 is 37.6 Å². The number of hydrogen-bond donors (Lipinski definition) is 2. The van der Waals surface area contributed by atoms with Gasteiger partial charge in [0.1, 0.15) is 6.61 Å².